The molecule has 3 aromatic rings. The molecule has 2 aromatic heterocycles. The van der Waals surface area contributed by atoms with Crippen molar-refractivity contribution in [2.45, 2.75) is 19.6 Å². The summed E-state index contributed by atoms with van der Waals surface area (Å²) in [5.41, 5.74) is 6.01. The van der Waals surface area contributed by atoms with Crippen LogP contribution in [0.4, 0.5) is 0 Å². The Labute approximate surface area is 161 Å². The SMILES string of the molecule is COc1ccncc1-c1cccnc1Oc1ccc(C#C[Si](C)(C)C)cc1. The molecule has 27 heavy (non-hydrogen) atoms. The van der Waals surface area contributed by atoms with Crippen molar-refractivity contribution in [1.82, 2.24) is 9.97 Å². The standard InChI is InChI=1S/C22H22N2O2Si/c1-25-21-11-14-23-16-20(21)19-6-5-13-24-22(19)26-18-9-7-17(8-10-18)12-15-27(2,3)4/h5-11,13-14,16H,1-4H3. The number of ether oxygens (including phenoxy) is 2. The van der Waals surface area contributed by atoms with Gasteiger partial charge in [0.2, 0.25) is 5.88 Å². The Morgan fingerprint density at radius 2 is 1.70 bits per heavy atom. The molecule has 0 amide bonds. The summed E-state index contributed by atoms with van der Waals surface area (Å²) >= 11 is 0. The van der Waals surface area contributed by atoms with Crippen LogP contribution in [0.15, 0.2) is 61.1 Å². The highest BCUT2D eigenvalue weighted by atomic mass is 28.3. The van der Waals surface area contributed by atoms with Crippen LogP contribution in [0.25, 0.3) is 11.1 Å². The molecule has 136 valence electrons. The third-order valence-corrected chi connectivity index (χ3v) is 4.59. The van der Waals surface area contributed by atoms with Crippen LogP contribution in [-0.2, 0) is 0 Å². The van der Waals surface area contributed by atoms with Gasteiger partial charge in [-0.1, -0.05) is 25.6 Å². The van der Waals surface area contributed by atoms with E-state index in [1.807, 2.05) is 42.5 Å². The van der Waals surface area contributed by atoms with Gasteiger partial charge in [0, 0.05) is 35.3 Å². The van der Waals surface area contributed by atoms with Gasteiger partial charge < -0.3 is 9.47 Å². The van der Waals surface area contributed by atoms with E-state index in [1.54, 1.807) is 25.7 Å². The summed E-state index contributed by atoms with van der Waals surface area (Å²) < 4.78 is 11.5. The van der Waals surface area contributed by atoms with E-state index in [0.29, 0.717) is 11.6 Å². The van der Waals surface area contributed by atoms with Crippen LogP contribution in [0.1, 0.15) is 5.56 Å². The number of hydrogen-bond donors (Lipinski definition) is 0. The smallest absolute Gasteiger partial charge is 0.227 e. The van der Waals surface area contributed by atoms with Gasteiger partial charge in [0.15, 0.2) is 0 Å². The van der Waals surface area contributed by atoms with Crippen molar-refractivity contribution in [2.24, 2.45) is 0 Å². The minimum atomic E-state index is -1.39. The number of aromatic nitrogens is 2. The molecule has 0 aliphatic carbocycles. The maximum atomic E-state index is 6.03. The van der Waals surface area contributed by atoms with Crippen molar-refractivity contribution in [3.63, 3.8) is 0 Å². The Morgan fingerprint density at radius 1 is 0.926 bits per heavy atom. The normalized spacial score (nSPS) is 10.7. The first-order valence-corrected chi connectivity index (χ1v) is 12.2. The second-order valence-electron chi connectivity index (χ2n) is 7.06. The molecule has 0 fully saturated rings. The minimum absolute atomic E-state index is 0.504. The van der Waals surface area contributed by atoms with Gasteiger partial charge in [-0.3, -0.25) is 4.98 Å². The van der Waals surface area contributed by atoms with Gasteiger partial charge in [-0.2, -0.15) is 0 Å². The summed E-state index contributed by atoms with van der Waals surface area (Å²) in [6.45, 7) is 6.69. The third kappa shape index (κ3) is 4.96. The number of nitrogens with zero attached hydrogens (tertiary/aromatic N) is 2. The van der Waals surface area contributed by atoms with Crippen LogP contribution in [0.5, 0.6) is 17.4 Å². The van der Waals surface area contributed by atoms with Crippen LogP contribution >= 0.6 is 0 Å². The molecule has 0 unspecified atom stereocenters. The van der Waals surface area contributed by atoms with E-state index in [4.69, 9.17) is 9.47 Å². The molecule has 0 saturated carbocycles. The highest BCUT2D eigenvalue weighted by molar-refractivity contribution is 6.83. The molecule has 0 atom stereocenters. The summed E-state index contributed by atoms with van der Waals surface area (Å²) in [6.07, 6.45) is 5.15. The largest absolute Gasteiger partial charge is 0.496 e. The van der Waals surface area contributed by atoms with Crippen molar-refractivity contribution in [2.75, 3.05) is 7.11 Å². The third-order valence-electron chi connectivity index (χ3n) is 3.71. The molecule has 4 nitrogen and oxygen atoms in total. The highest BCUT2D eigenvalue weighted by Crippen LogP contribution is 2.36. The average molecular weight is 375 g/mol. The number of benzene rings is 1. The molecular formula is C22H22N2O2Si. The lowest BCUT2D eigenvalue weighted by atomic mass is 10.1. The molecule has 0 aliphatic heterocycles. The van der Waals surface area contributed by atoms with Gasteiger partial charge >= 0.3 is 0 Å². The molecule has 0 aliphatic rings. The Bertz CT molecular complexity index is 983. The zero-order chi connectivity index (χ0) is 19.3. The summed E-state index contributed by atoms with van der Waals surface area (Å²) in [6, 6.07) is 13.4. The van der Waals surface area contributed by atoms with E-state index in [1.165, 1.54) is 0 Å². The van der Waals surface area contributed by atoms with Crippen molar-refractivity contribution in [1.29, 1.82) is 0 Å². The predicted octanol–water partition coefficient (Wildman–Crippen LogP) is 5.17. The first kappa shape index (κ1) is 18.7. The Balaban J connectivity index is 1.88. The van der Waals surface area contributed by atoms with E-state index < -0.39 is 8.07 Å². The van der Waals surface area contributed by atoms with Crippen LogP contribution in [0.3, 0.4) is 0 Å². The van der Waals surface area contributed by atoms with E-state index in [2.05, 4.69) is 41.1 Å². The lowest BCUT2D eigenvalue weighted by Gasteiger charge is -2.12. The van der Waals surface area contributed by atoms with Gasteiger partial charge in [-0.25, -0.2) is 4.98 Å². The van der Waals surface area contributed by atoms with Crippen molar-refractivity contribution in [3.8, 4) is 40.0 Å². The first-order chi connectivity index (χ1) is 13.0. The summed E-state index contributed by atoms with van der Waals surface area (Å²) in [7, 11) is 0.246. The Kier molecular flexibility index (Phi) is 5.58. The Morgan fingerprint density at radius 3 is 2.41 bits per heavy atom. The molecule has 1 aromatic carbocycles. The van der Waals surface area contributed by atoms with Gasteiger partial charge in [0.1, 0.15) is 19.6 Å². The van der Waals surface area contributed by atoms with E-state index in [9.17, 15) is 0 Å². The summed E-state index contributed by atoms with van der Waals surface area (Å²) in [5, 5.41) is 0. The van der Waals surface area contributed by atoms with Crippen LogP contribution in [0.2, 0.25) is 19.6 Å². The van der Waals surface area contributed by atoms with Gasteiger partial charge in [-0.15, -0.1) is 5.54 Å². The molecule has 2 heterocycles. The molecule has 0 radical (unpaired) electrons. The fourth-order valence-electron chi connectivity index (χ4n) is 2.42. The van der Waals surface area contributed by atoms with Crippen LogP contribution in [0, 0.1) is 11.5 Å². The summed E-state index contributed by atoms with van der Waals surface area (Å²) in [5.74, 6) is 5.18. The van der Waals surface area contributed by atoms with Gasteiger partial charge in [0.05, 0.1) is 7.11 Å². The fourth-order valence-corrected chi connectivity index (χ4v) is 2.94. The minimum Gasteiger partial charge on any atom is -0.496 e. The molecule has 0 N–H and O–H groups in total. The van der Waals surface area contributed by atoms with Gasteiger partial charge in [-0.05, 0) is 42.5 Å². The fraction of sp³-hybridized carbons (Fsp3) is 0.182. The molecular weight excluding hydrogens is 352 g/mol. The molecule has 0 spiro atoms. The lowest BCUT2D eigenvalue weighted by molar-refractivity contribution is 0.415. The second-order valence-corrected chi connectivity index (χ2v) is 11.8. The number of methoxy groups -OCH3 is 1. The number of rotatable bonds is 4. The Hall–Kier alpha value is -3.10. The molecule has 5 heteroatoms. The molecule has 0 saturated heterocycles. The molecule has 0 bridgehead atoms. The van der Waals surface area contributed by atoms with Gasteiger partial charge in [0.25, 0.3) is 0 Å². The monoisotopic (exact) mass is 374 g/mol. The zero-order valence-electron chi connectivity index (χ0n) is 16.0. The van der Waals surface area contributed by atoms with Crippen LogP contribution < -0.4 is 9.47 Å². The topological polar surface area (TPSA) is 44.2 Å². The lowest BCUT2D eigenvalue weighted by Crippen LogP contribution is -2.16. The zero-order valence-corrected chi connectivity index (χ0v) is 17.0. The van der Waals surface area contributed by atoms with E-state index in [0.717, 1.165) is 22.4 Å². The van der Waals surface area contributed by atoms with Crippen LogP contribution in [-0.4, -0.2) is 25.2 Å². The maximum Gasteiger partial charge on any atom is 0.227 e. The highest BCUT2D eigenvalue weighted by Gasteiger charge is 2.13. The van der Waals surface area contributed by atoms with Crippen molar-refractivity contribution in [3.05, 3.63) is 66.6 Å². The summed E-state index contributed by atoms with van der Waals surface area (Å²) in [4.78, 5) is 8.58. The number of hydrogen-bond acceptors (Lipinski definition) is 4. The second kappa shape index (κ2) is 8.06. The van der Waals surface area contributed by atoms with E-state index in [-0.39, 0.29) is 0 Å². The predicted molar refractivity (Wildman–Crippen MR) is 111 cm³/mol. The van der Waals surface area contributed by atoms with Crippen molar-refractivity contribution >= 4 is 8.07 Å². The van der Waals surface area contributed by atoms with E-state index >= 15 is 0 Å². The quantitative estimate of drug-likeness (QED) is 0.467. The van der Waals surface area contributed by atoms with Crippen molar-refractivity contribution < 1.29 is 9.47 Å². The maximum absolute atomic E-state index is 6.03. The first-order valence-electron chi connectivity index (χ1n) is 8.71. The number of pyridine rings is 2. The average Bonchev–Trinajstić information content (AvgIpc) is 2.67. The molecule has 3 rings (SSSR count).